The van der Waals surface area contributed by atoms with Gasteiger partial charge < -0.3 is 9.64 Å². The average molecular weight is 287 g/mol. The van der Waals surface area contributed by atoms with Crippen LogP contribution in [0.15, 0.2) is 12.3 Å². The third kappa shape index (κ3) is 3.37. The van der Waals surface area contributed by atoms with Crippen LogP contribution in [0.4, 0.5) is 10.2 Å². The minimum Gasteiger partial charge on any atom is -0.366 e. The van der Waals surface area contributed by atoms with Gasteiger partial charge in [-0.3, -0.25) is 0 Å². The Morgan fingerprint density at radius 1 is 1.32 bits per heavy atom. The van der Waals surface area contributed by atoms with Crippen LogP contribution in [-0.2, 0) is 10.6 Å². The molecule has 2 rings (SSSR count). The van der Waals surface area contributed by atoms with Gasteiger partial charge in [0.15, 0.2) is 0 Å². The quantitative estimate of drug-likeness (QED) is 0.780. The molecule has 1 aliphatic rings. The first-order chi connectivity index (χ1) is 8.72. The third-order valence-corrected chi connectivity index (χ3v) is 3.34. The fourth-order valence-corrected chi connectivity index (χ4v) is 2.99. The van der Waals surface area contributed by atoms with Crippen molar-refractivity contribution in [1.29, 1.82) is 0 Å². The molecule has 0 aliphatic carbocycles. The van der Waals surface area contributed by atoms with E-state index in [1.54, 1.807) is 0 Å². The molecule has 0 saturated carbocycles. The van der Waals surface area contributed by atoms with Crippen LogP contribution in [0.5, 0.6) is 0 Å². The summed E-state index contributed by atoms with van der Waals surface area (Å²) in [6.45, 7) is 9.60. The maximum absolute atomic E-state index is 13.2. The minimum atomic E-state index is -0.355. The summed E-state index contributed by atoms with van der Waals surface area (Å²) >= 11 is 5.90. The largest absolute Gasteiger partial charge is 0.366 e. The molecule has 1 aromatic heterocycles. The monoisotopic (exact) mass is 286 g/mol. The van der Waals surface area contributed by atoms with Gasteiger partial charge in [0.2, 0.25) is 0 Å². The highest BCUT2D eigenvalue weighted by Gasteiger charge is 2.39. The van der Waals surface area contributed by atoms with Crippen LogP contribution in [0, 0.1) is 5.82 Å². The maximum atomic E-state index is 13.2. The Balaban J connectivity index is 2.35. The molecular weight excluding hydrogens is 267 g/mol. The molecule has 5 heteroatoms. The molecule has 19 heavy (non-hydrogen) atoms. The van der Waals surface area contributed by atoms with Crippen LogP contribution in [0.1, 0.15) is 33.3 Å². The highest BCUT2D eigenvalue weighted by atomic mass is 35.5. The highest BCUT2D eigenvalue weighted by molar-refractivity contribution is 6.17. The van der Waals surface area contributed by atoms with Crippen molar-refractivity contribution in [3.05, 3.63) is 23.6 Å². The number of anilines is 1. The third-order valence-electron chi connectivity index (χ3n) is 3.05. The number of halogens is 2. The van der Waals surface area contributed by atoms with Crippen molar-refractivity contribution in [2.45, 2.75) is 44.8 Å². The molecule has 0 aromatic carbocycles. The predicted molar refractivity (Wildman–Crippen MR) is 75.2 cm³/mol. The minimum absolute atomic E-state index is 0.248. The van der Waals surface area contributed by atoms with Crippen molar-refractivity contribution >= 4 is 17.4 Å². The summed E-state index contributed by atoms with van der Waals surface area (Å²) < 4.78 is 19.3. The first-order valence-electron chi connectivity index (χ1n) is 6.38. The van der Waals surface area contributed by atoms with Crippen molar-refractivity contribution in [2.75, 3.05) is 18.0 Å². The summed E-state index contributed by atoms with van der Waals surface area (Å²) in [6, 6.07) is 1.45. The average Bonchev–Trinajstić information content (AvgIpc) is 2.24. The number of alkyl halides is 1. The number of hydrogen-bond donors (Lipinski definition) is 0. The van der Waals surface area contributed by atoms with Crippen LogP contribution in [0.3, 0.4) is 0 Å². The number of ether oxygens (including phenoxy) is 1. The second-order valence-corrected chi connectivity index (χ2v) is 6.51. The Morgan fingerprint density at radius 3 is 2.42 bits per heavy atom. The van der Waals surface area contributed by atoms with Gasteiger partial charge in [-0.25, -0.2) is 9.37 Å². The van der Waals surface area contributed by atoms with Gasteiger partial charge in [-0.15, -0.1) is 11.6 Å². The predicted octanol–water partition coefficient (Wildman–Crippen LogP) is 3.35. The first kappa shape index (κ1) is 14.5. The van der Waals surface area contributed by atoms with Crippen LogP contribution in [-0.4, -0.2) is 29.3 Å². The van der Waals surface area contributed by atoms with Crippen molar-refractivity contribution in [3.8, 4) is 0 Å². The molecule has 1 aromatic rings. The fourth-order valence-electron chi connectivity index (χ4n) is 2.79. The van der Waals surface area contributed by atoms with E-state index in [-0.39, 0.29) is 22.9 Å². The fraction of sp³-hybridized carbons (Fsp3) is 0.643. The van der Waals surface area contributed by atoms with Crippen LogP contribution in [0.2, 0.25) is 0 Å². The molecule has 1 fully saturated rings. The zero-order valence-corrected chi connectivity index (χ0v) is 12.6. The molecule has 0 spiro atoms. The Bertz CT molecular complexity index is 461. The number of aromatic nitrogens is 1. The van der Waals surface area contributed by atoms with Gasteiger partial charge in [-0.1, -0.05) is 0 Å². The second kappa shape index (κ2) is 4.91. The van der Waals surface area contributed by atoms with Gasteiger partial charge in [0.1, 0.15) is 11.6 Å². The number of rotatable bonds is 2. The normalized spacial score (nSPS) is 21.5. The van der Waals surface area contributed by atoms with E-state index in [9.17, 15) is 4.39 Å². The summed E-state index contributed by atoms with van der Waals surface area (Å²) in [6.07, 6.45) is 1.24. The lowest BCUT2D eigenvalue weighted by Crippen LogP contribution is -2.57. The van der Waals surface area contributed by atoms with E-state index in [2.05, 4.69) is 9.88 Å². The summed E-state index contributed by atoms with van der Waals surface area (Å²) in [5.74, 6) is 0.644. The van der Waals surface area contributed by atoms with Gasteiger partial charge in [-0.05, 0) is 33.8 Å². The standard InChI is InChI=1S/C14H20ClFN2O/c1-13(2)8-18(9-14(3,4)19-13)12-10(6-15)5-11(16)7-17-12/h5,7H,6,8-9H2,1-4H3. The lowest BCUT2D eigenvalue weighted by atomic mass is 9.98. The Kier molecular flexibility index (Phi) is 3.76. The van der Waals surface area contributed by atoms with Gasteiger partial charge in [-0.2, -0.15) is 0 Å². The molecule has 0 atom stereocenters. The number of nitrogens with zero attached hydrogens (tertiary/aromatic N) is 2. The molecule has 106 valence electrons. The summed E-state index contributed by atoms with van der Waals surface area (Å²) in [7, 11) is 0. The van der Waals surface area contributed by atoms with E-state index in [1.165, 1.54) is 12.3 Å². The highest BCUT2D eigenvalue weighted by Crippen LogP contribution is 2.32. The molecule has 1 aliphatic heterocycles. The molecule has 0 N–H and O–H groups in total. The van der Waals surface area contributed by atoms with Crippen molar-refractivity contribution in [1.82, 2.24) is 4.98 Å². The molecule has 0 radical (unpaired) electrons. The molecule has 0 amide bonds. The van der Waals surface area contributed by atoms with Crippen LogP contribution in [0.25, 0.3) is 0 Å². The summed E-state index contributed by atoms with van der Waals surface area (Å²) in [5.41, 5.74) is 0.165. The molecule has 2 heterocycles. The summed E-state index contributed by atoms with van der Waals surface area (Å²) in [4.78, 5) is 6.34. The molecule has 3 nitrogen and oxygen atoms in total. The smallest absolute Gasteiger partial charge is 0.141 e. The van der Waals surface area contributed by atoms with Gasteiger partial charge >= 0.3 is 0 Å². The Hall–Kier alpha value is -0.870. The van der Waals surface area contributed by atoms with Gasteiger partial charge in [0.05, 0.1) is 23.3 Å². The Labute approximate surface area is 118 Å². The molecule has 0 bridgehead atoms. The number of hydrogen-bond acceptors (Lipinski definition) is 3. The lowest BCUT2D eigenvalue weighted by Gasteiger charge is -2.47. The van der Waals surface area contributed by atoms with Crippen LogP contribution < -0.4 is 4.90 Å². The van der Waals surface area contributed by atoms with Crippen molar-refractivity contribution in [2.24, 2.45) is 0 Å². The topological polar surface area (TPSA) is 25.4 Å². The first-order valence-corrected chi connectivity index (χ1v) is 6.91. The van der Waals surface area contributed by atoms with Crippen LogP contribution >= 0.6 is 11.6 Å². The summed E-state index contributed by atoms with van der Waals surface area (Å²) in [5, 5.41) is 0. The second-order valence-electron chi connectivity index (χ2n) is 6.25. The SMILES string of the molecule is CC1(C)CN(c2ncc(F)cc2CCl)CC(C)(C)O1. The molecule has 1 saturated heterocycles. The van der Waals surface area contributed by atoms with E-state index in [0.29, 0.717) is 13.1 Å². The van der Waals surface area contributed by atoms with E-state index >= 15 is 0 Å². The van der Waals surface area contributed by atoms with E-state index in [4.69, 9.17) is 16.3 Å². The van der Waals surface area contributed by atoms with Gasteiger partial charge in [0.25, 0.3) is 0 Å². The van der Waals surface area contributed by atoms with E-state index in [0.717, 1.165) is 11.4 Å². The van der Waals surface area contributed by atoms with Crippen molar-refractivity contribution in [3.63, 3.8) is 0 Å². The maximum Gasteiger partial charge on any atom is 0.141 e. The molecule has 0 unspecified atom stereocenters. The van der Waals surface area contributed by atoms with Gasteiger partial charge in [0, 0.05) is 18.7 Å². The number of morpholine rings is 1. The molecular formula is C14H20ClFN2O. The lowest BCUT2D eigenvalue weighted by molar-refractivity contribution is -0.133. The number of pyridine rings is 1. The van der Waals surface area contributed by atoms with E-state index < -0.39 is 0 Å². The zero-order chi connectivity index (χ0) is 14.3. The van der Waals surface area contributed by atoms with Crippen molar-refractivity contribution < 1.29 is 9.13 Å². The zero-order valence-electron chi connectivity index (χ0n) is 11.8. The Morgan fingerprint density at radius 2 is 1.89 bits per heavy atom. The van der Waals surface area contributed by atoms with E-state index in [1.807, 2.05) is 27.7 Å².